The predicted molar refractivity (Wildman–Crippen MR) is 563 cm³/mol. The number of hydrogen-bond acceptors (Lipinski definition) is 24. The van der Waals surface area contributed by atoms with E-state index >= 15 is 0 Å². The van der Waals surface area contributed by atoms with E-state index in [-0.39, 0.29) is 110 Å². The van der Waals surface area contributed by atoms with Gasteiger partial charge in [0.1, 0.15) is 40.5 Å². The molecular weight excluding hydrogens is 1830 g/mol. The molecule has 0 heterocycles. The third-order valence-electron chi connectivity index (χ3n) is 24.8. The highest BCUT2D eigenvalue weighted by molar-refractivity contribution is 5.86. The first kappa shape index (κ1) is 141. The van der Waals surface area contributed by atoms with Gasteiger partial charge in [0.15, 0.2) is 0 Å². The molecule has 0 aromatic rings. The van der Waals surface area contributed by atoms with Crippen LogP contribution in [0, 0.1) is 11.8 Å². The summed E-state index contributed by atoms with van der Waals surface area (Å²) in [5, 5.41) is 35.5. The van der Waals surface area contributed by atoms with Gasteiger partial charge >= 0.3 is 17.9 Å². The highest BCUT2D eigenvalue weighted by Gasteiger charge is 2.22. The van der Waals surface area contributed by atoms with Crippen molar-refractivity contribution in [2.45, 2.75) is 471 Å². The van der Waals surface area contributed by atoms with Crippen LogP contribution in [0.5, 0.6) is 0 Å². The second-order valence-electron chi connectivity index (χ2n) is 38.0. The van der Waals surface area contributed by atoms with Gasteiger partial charge in [0, 0.05) is 181 Å². The standard InChI is InChI=1S/C44H80N2O11.C44H79NO12.C24H47NO4/c1-2-39(47)23-19-29-54-33-35-56-31-26-40(48)24-20-30-55-34-36-57-32-27-42(50)46-28-18-17-21-38(44(45)53)37-41(49)22-15-13-11-9-7-5-3-4-6-8-10-12-14-16-25-43(51)52;1-2-39(46)23-19-29-54-33-35-56-31-26-40(47)24-20-30-55-34-36-57-32-27-42(49)45-28-18-17-21-38(44(52)53)37-41(48)22-15-13-11-9-7-5-3-4-6-8-10-12-14-16-25-43(50)51;1-3-5-6-7-8-9-10-11-12-13-14-17-24(27)25-18-20-29-22-21-28-19-15-16-23(26)4-2/h38H,2-37H2,1H3,(H2,45,53)(H,46,50)(H,51,52);38H,2-37H2,1H3,(H,45,49)(H,50,51)(H,52,53);3-22H2,1-2H3,(H,25,27)/t2*38-;/m00./s1. The molecular formula is C112H206N4O27. The number of ketones is 7. The second kappa shape index (κ2) is 114. The summed E-state index contributed by atoms with van der Waals surface area (Å²) in [5.41, 5.74) is 5.59. The van der Waals surface area contributed by atoms with Crippen LogP contribution in [0.2, 0.25) is 0 Å². The van der Waals surface area contributed by atoms with Gasteiger partial charge in [-0.3, -0.25) is 67.1 Å². The Labute approximate surface area is 863 Å². The van der Waals surface area contributed by atoms with E-state index in [1.165, 1.54) is 161 Å². The lowest BCUT2D eigenvalue weighted by atomic mass is 9.93. The number of ether oxygens (including phenoxy) is 10. The topological polar surface area (TPSA) is 454 Å². The van der Waals surface area contributed by atoms with Gasteiger partial charge in [0.25, 0.3) is 0 Å². The van der Waals surface area contributed by atoms with Gasteiger partial charge in [-0.1, -0.05) is 259 Å². The summed E-state index contributed by atoms with van der Waals surface area (Å²) in [5.74, 6) is -2.91. The monoisotopic (exact) mass is 2040 g/mol. The molecule has 0 aromatic heterocycles. The van der Waals surface area contributed by atoms with E-state index in [0.717, 1.165) is 109 Å². The molecule has 0 aliphatic carbocycles. The van der Waals surface area contributed by atoms with Crippen LogP contribution in [0.15, 0.2) is 0 Å². The molecule has 0 saturated carbocycles. The van der Waals surface area contributed by atoms with E-state index in [4.69, 9.17) is 63.3 Å². The second-order valence-corrected chi connectivity index (χ2v) is 38.0. The van der Waals surface area contributed by atoms with Crippen LogP contribution >= 0.6 is 0 Å². The summed E-state index contributed by atoms with van der Waals surface area (Å²) >= 11 is 0. The maximum absolute atomic E-state index is 12.5. The average molecular weight is 2040 g/mol. The summed E-state index contributed by atoms with van der Waals surface area (Å²) in [6.07, 6.45) is 60.7. The maximum Gasteiger partial charge on any atom is 0.306 e. The fourth-order valence-corrected chi connectivity index (χ4v) is 15.8. The van der Waals surface area contributed by atoms with Gasteiger partial charge < -0.3 is 84.4 Å². The summed E-state index contributed by atoms with van der Waals surface area (Å²) in [7, 11) is 0. The number of carbonyl (C=O) groups excluding carboxylic acids is 11. The minimum Gasteiger partial charge on any atom is -0.481 e. The van der Waals surface area contributed by atoms with Gasteiger partial charge in [-0.05, 0) is 89.9 Å². The Morgan fingerprint density at radius 2 is 0.427 bits per heavy atom. The number of aliphatic carboxylic acids is 3. The largest absolute Gasteiger partial charge is 0.481 e. The first-order valence-electron chi connectivity index (χ1n) is 56.7. The van der Waals surface area contributed by atoms with Crippen molar-refractivity contribution < 1.29 is 130 Å². The SMILES string of the molecule is CCC(=O)CCCOCCOCCC(=O)CCCOCCOCCC(=O)NCCCC[C@@H](CC(=O)CCCCCCCCCCCCCCCCC(=O)O)C(=O)O.CCC(=O)CCCOCCOCCC(=O)CCCOCCOCCC(=O)NCCCC[C@@H](CC(=O)CCCCCCCCCCCCCCCCC(=O)O)C(N)=O.CCCCCCCCCCCCCC(=O)NCCOCCOCCCC(=O)CC. The molecule has 31 heteroatoms. The third kappa shape index (κ3) is 117. The lowest BCUT2D eigenvalue weighted by Crippen LogP contribution is -2.27. The van der Waals surface area contributed by atoms with E-state index in [0.29, 0.717) is 273 Å². The van der Waals surface area contributed by atoms with Crippen molar-refractivity contribution in [3.63, 3.8) is 0 Å². The maximum atomic E-state index is 12.5. The van der Waals surface area contributed by atoms with Crippen LogP contribution in [0.1, 0.15) is 471 Å². The Hall–Kier alpha value is -6.42. The van der Waals surface area contributed by atoms with Crippen molar-refractivity contribution in [1.82, 2.24) is 16.0 Å². The molecule has 143 heavy (non-hydrogen) atoms. The lowest BCUT2D eigenvalue weighted by Gasteiger charge is -2.13. The smallest absolute Gasteiger partial charge is 0.306 e. The lowest BCUT2D eigenvalue weighted by molar-refractivity contribution is -0.144. The number of carbonyl (C=O) groups is 14. The molecule has 0 aliphatic heterocycles. The first-order chi connectivity index (χ1) is 69.5. The van der Waals surface area contributed by atoms with Crippen LogP contribution < -0.4 is 21.7 Å². The summed E-state index contributed by atoms with van der Waals surface area (Å²) in [6, 6.07) is 0. The minimum absolute atomic E-state index is 0.0170. The number of amides is 4. The number of hydrogen-bond donors (Lipinski definition) is 7. The fourth-order valence-electron chi connectivity index (χ4n) is 15.8. The fraction of sp³-hybridized carbons (Fsp3) is 0.875. The number of nitrogens with one attached hydrogen (secondary N) is 3. The highest BCUT2D eigenvalue weighted by atomic mass is 16.5. The van der Waals surface area contributed by atoms with Crippen LogP contribution in [0.25, 0.3) is 0 Å². The molecule has 0 fully saturated rings. The molecule has 31 nitrogen and oxygen atoms in total. The first-order valence-corrected chi connectivity index (χ1v) is 56.7. The molecule has 0 spiro atoms. The Bertz CT molecular complexity index is 2880. The minimum atomic E-state index is -0.938. The van der Waals surface area contributed by atoms with E-state index in [9.17, 15) is 72.2 Å². The van der Waals surface area contributed by atoms with Gasteiger partial charge in [-0.25, -0.2) is 0 Å². The third-order valence-corrected chi connectivity index (χ3v) is 24.8. The number of unbranched alkanes of at least 4 members (excludes halogenated alkanes) is 38. The zero-order valence-corrected chi connectivity index (χ0v) is 90.4. The van der Waals surface area contributed by atoms with Crippen molar-refractivity contribution in [1.29, 1.82) is 0 Å². The van der Waals surface area contributed by atoms with Crippen molar-refractivity contribution >= 4 is 82.0 Å². The zero-order chi connectivity index (χ0) is 105. The molecule has 0 rings (SSSR count). The molecule has 0 aliphatic rings. The molecule has 836 valence electrons. The highest BCUT2D eigenvalue weighted by Crippen LogP contribution is 2.22. The molecule has 8 N–H and O–H groups in total. The molecule has 0 bridgehead atoms. The molecule has 0 aromatic carbocycles. The van der Waals surface area contributed by atoms with Crippen LogP contribution in [-0.2, 0) is 114 Å². The predicted octanol–water partition coefficient (Wildman–Crippen LogP) is 21.4. The average Bonchev–Trinajstić information content (AvgIpc) is 0.939. The summed E-state index contributed by atoms with van der Waals surface area (Å²) in [4.78, 5) is 163. The van der Waals surface area contributed by atoms with Crippen molar-refractivity contribution in [3.05, 3.63) is 0 Å². The Kier molecular flexibility index (Phi) is 112. The van der Waals surface area contributed by atoms with Gasteiger partial charge in [-0.15, -0.1) is 0 Å². The Balaban J connectivity index is -0.00000217. The van der Waals surface area contributed by atoms with Gasteiger partial charge in [-0.2, -0.15) is 0 Å². The van der Waals surface area contributed by atoms with E-state index in [1.807, 2.05) is 20.8 Å². The number of carboxylic acids is 3. The van der Waals surface area contributed by atoms with Crippen molar-refractivity contribution in [2.24, 2.45) is 17.6 Å². The molecule has 4 amide bonds. The Morgan fingerprint density at radius 3 is 0.706 bits per heavy atom. The molecule has 0 unspecified atom stereocenters. The van der Waals surface area contributed by atoms with E-state index < -0.39 is 35.7 Å². The van der Waals surface area contributed by atoms with Gasteiger partial charge in [0.2, 0.25) is 23.6 Å². The quantitative estimate of drug-likeness (QED) is 0.0278. The number of nitrogens with two attached hydrogens (primary N) is 1. The van der Waals surface area contributed by atoms with Crippen molar-refractivity contribution in [2.75, 3.05) is 152 Å². The summed E-state index contributed by atoms with van der Waals surface area (Å²) < 4.78 is 54.5. The molecule has 2 atom stereocenters. The van der Waals surface area contributed by atoms with Crippen LogP contribution in [0.3, 0.4) is 0 Å². The number of carboxylic acid groups (broad SMARTS) is 3. The Morgan fingerprint density at radius 1 is 0.203 bits per heavy atom. The van der Waals surface area contributed by atoms with E-state index in [2.05, 4.69) is 22.9 Å². The van der Waals surface area contributed by atoms with Crippen LogP contribution in [0.4, 0.5) is 0 Å². The molecule has 0 saturated heterocycles. The molecule has 0 radical (unpaired) electrons. The van der Waals surface area contributed by atoms with Crippen molar-refractivity contribution in [3.8, 4) is 0 Å². The van der Waals surface area contributed by atoms with E-state index in [1.54, 1.807) is 0 Å². The normalized spacial score (nSPS) is 11.6. The zero-order valence-electron chi connectivity index (χ0n) is 90.4. The summed E-state index contributed by atoms with van der Waals surface area (Å²) in [6.45, 7) is 18.0. The van der Waals surface area contributed by atoms with Gasteiger partial charge in [0.05, 0.1) is 105 Å². The van der Waals surface area contributed by atoms with Crippen LogP contribution in [-0.4, -0.2) is 249 Å². The number of primary amides is 1. The number of Topliss-reactive ketones (excluding diaryl/α,β-unsaturated/α-hetero) is 7. The number of rotatable bonds is 115.